The first-order valence-corrected chi connectivity index (χ1v) is 15.3. The van der Waals surface area contributed by atoms with Gasteiger partial charge in [-0.3, -0.25) is 14.9 Å². The minimum atomic E-state index is -0.427. The van der Waals surface area contributed by atoms with Crippen molar-refractivity contribution in [2.45, 2.75) is 70.7 Å². The van der Waals surface area contributed by atoms with E-state index in [1.165, 1.54) is 0 Å². The number of rotatable bonds is 9. The SMILES string of the molecule is COC(C)(C)CNc1c(C#N)cnc2c(Cl)cc(N[C@H](C3=CN(C4CCN(C(C)(C)C)CC4)NN3)c3ccccc3)cc12. The molecule has 1 fully saturated rings. The Kier molecular flexibility index (Phi) is 9.04. The molecule has 5 rings (SSSR count). The number of piperidine rings is 1. The van der Waals surface area contributed by atoms with Crippen molar-refractivity contribution >= 4 is 33.9 Å². The summed E-state index contributed by atoms with van der Waals surface area (Å²) in [7, 11) is 1.68. The van der Waals surface area contributed by atoms with Crippen molar-refractivity contribution in [3.8, 4) is 6.07 Å². The maximum absolute atomic E-state index is 9.89. The fraction of sp³-hybridized carbons (Fsp3) is 0.455. The lowest BCUT2D eigenvalue weighted by atomic mass is 9.98. The number of halogens is 1. The first-order valence-electron chi connectivity index (χ1n) is 14.9. The van der Waals surface area contributed by atoms with Gasteiger partial charge in [-0.2, -0.15) is 5.26 Å². The zero-order chi connectivity index (χ0) is 30.8. The molecule has 1 saturated heterocycles. The molecule has 1 atom stereocenters. The number of methoxy groups -OCH3 is 1. The van der Waals surface area contributed by atoms with E-state index in [9.17, 15) is 5.26 Å². The molecule has 0 amide bonds. The van der Waals surface area contributed by atoms with Crippen LogP contribution in [-0.4, -0.2) is 58.8 Å². The molecule has 3 heterocycles. The molecule has 0 unspecified atom stereocenters. The summed E-state index contributed by atoms with van der Waals surface area (Å²) in [6.07, 6.45) is 5.92. The van der Waals surface area contributed by atoms with Crippen LogP contribution in [0.15, 0.2) is 60.6 Å². The Balaban J connectivity index is 1.45. The predicted octanol–water partition coefficient (Wildman–Crippen LogP) is 6.18. The fourth-order valence-electron chi connectivity index (χ4n) is 5.65. The summed E-state index contributed by atoms with van der Waals surface area (Å²) in [4.78, 5) is 7.07. The summed E-state index contributed by atoms with van der Waals surface area (Å²) in [5, 5.41) is 20.5. The van der Waals surface area contributed by atoms with Gasteiger partial charge >= 0.3 is 0 Å². The van der Waals surface area contributed by atoms with Crippen LogP contribution in [0.2, 0.25) is 5.02 Å². The van der Waals surface area contributed by atoms with E-state index in [4.69, 9.17) is 16.3 Å². The van der Waals surface area contributed by atoms with Crippen molar-refractivity contribution in [3.05, 3.63) is 76.7 Å². The van der Waals surface area contributed by atoms with E-state index in [1.54, 1.807) is 13.3 Å². The van der Waals surface area contributed by atoms with E-state index in [-0.39, 0.29) is 11.6 Å². The lowest BCUT2D eigenvalue weighted by Crippen LogP contribution is -2.52. The second-order valence-corrected chi connectivity index (χ2v) is 13.3. The van der Waals surface area contributed by atoms with Crippen molar-refractivity contribution in [2.75, 3.05) is 37.4 Å². The van der Waals surface area contributed by atoms with Crippen LogP contribution < -0.4 is 21.6 Å². The van der Waals surface area contributed by atoms with Gasteiger partial charge in [0.1, 0.15) is 6.07 Å². The number of nitrogens with one attached hydrogen (secondary N) is 4. The largest absolute Gasteiger partial charge is 0.380 e. The van der Waals surface area contributed by atoms with Crippen LogP contribution in [0.4, 0.5) is 11.4 Å². The Bertz CT molecular complexity index is 1500. The fourth-order valence-corrected chi connectivity index (χ4v) is 5.91. The van der Waals surface area contributed by atoms with Gasteiger partial charge in [-0.15, -0.1) is 5.53 Å². The zero-order valence-electron chi connectivity index (χ0n) is 26.0. The molecule has 0 aliphatic carbocycles. The quantitative estimate of drug-likeness (QED) is 0.229. The Hall–Kier alpha value is -3.55. The molecule has 2 aliphatic heterocycles. The maximum Gasteiger partial charge on any atom is 0.103 e. The number of hydrogen-bond acceptors (Lipinski definition) is 9. The van der Waals surface area contributed by atoms with E-state index < -0.39 is 5.60 Å². The van der Waals surface area contributed by atoms with Gasteiger partial charge in [0, 0.05) is 61.8 Å². The summed E-state index contributed by atoms with van der Waals surface area (Å²) in [5.41, 5.74) is 11.3. The third kappa shape index (κ3) is 7.00. The highest BCUT2D eigenvalue weighted by atomic mass is 35.5. The number of nitrogens with zero attached hydrogens (tertiary/aromatic N) is 4. The van der Waals surface area contributed by atoms with Gasteiger partial charge in [-0.25, -0.2) is 0 Å². The van der Waals surface area contributed by atoms with E-state index in [0.29, 0.717) is 34.4 Å². The van der Waals surface area contributed by atoms with Crippen LogP contribution in [0.3, 0.4) is 0 Å². The summed E-state index contributed by atoms with van der Waals surface area (Å²) in [6, 6.07) is 16.7. The lowest BCUT2D eigenvalue weighted by molar-refractivity contribution is 0.0344. The third-order valence-corrected chi connectivity index (χ3v) is 8.75. The third-order valence-electron chi connectivity index (χ3n) is 8.46. The van der Waals surface area contributed by atoms with Crippen molar-refractivity contribution in [1.29, 1.82) is 5.26 Å². The van der Waals surface area contributed by atoms with Gasteiger partial charge in [-0.1, -0.05) is 41.9 Å². The van der Waals surface area contributed by atoms with Crippen LogP contribution in [0, 0.1) is 11.3 Å². The van der Waals surface area contributed by atoms with Gasteiger partial charge in [0.25, 0.3) is 0 Å². The molecule has 10 heteroatoms. The monoisotopic (exact) mass is 602 g/mol. The minimum absolute atomic E-state index is 0.183. The molecule has 3 aromatic rings. The normalized spacial score (nSPS) is 17.3. The molecule has 0 saturated carbocycles. The van der Waals surface area contributed by atoms with E-state index in [0.717, 1.165) is 48.3 Å². The highest BCUT2D eigenvalue weighted by molar-refractivity contribution is 6.35. The first kappa shape index (κ1) is 30.9. The highest BCUT2D eigenvalue weighted by Gasteiger charge is 2.32. The number of pyridine rings is 1. The topological polar surface area (TPSA) is 101 Å². The number of likely N-dealkylation sites (tertiary alicyclic amines) is 1. The lowest BCUT2D eigenvalue weighted by Gasteiger charge is -2.42. The van der Waals surface area contributed by atoms with Crippen molar-refractivity contribution in [1.82, 2.24) is 25.9 Å². The molecular weight excluding hydrogens is 560 g/mol. The highest BCUT2D eigenvalue weighted by Crippen LogP contribution is 2.36. The first-order chi connectivity index (χ1) is 20.5. The van der Waals surface area contributed by atoms with Crippen LogP contribution in [0.5, 0.6) is 0 Å². The van der Waals surface area contributed by atoms with Crippen LogP contribution in [0.25, 0.3) is 10.9 Å². The summed E-state index contributed by atoms with van der Waals surface area (Å²) < 4.78 is 5.60. The van der Waals surface area contributed by atoms with Crippen molar-refractivity contribution in [3.63, 3.8) is 0 Å². The van der Waals surface area contributed by atoms with E-state index in [1.807, 2.05) is 44.2 Å². The molecule has 2 aliphatic rings. The van der Waals surface area contributed by atoms with Gasteiger partial charge < -0.3 is 20.8 Å². The van der Waals surface area contributed by atoms with Crippen LogP contribution in [0.1, 0.15) is 64.6 Å². The van der Waals surface area contributed by atoms with Gasteiger partial charge in [0.05, 0.1) is 39.1 Å². The summed E-state index contributed by atoms with van der Waals surface area (Å²) in [6.45, 7) is 13.5. The number of ether oxygens (including phenoxy) is 1. The number of benzene rings is 2. The molecular formula is C33H43ClN8O. The zero-order valence-corrected chi connectivity index (χ0v) is 26.7. The molecule has 0 bridgehead atoms. The minimum Gasteiger partial charge on any atom is -0.380 e. The summed E-state index contributed by atoms with van der Waals surface area (Å²) >= 11 is 6.81. The molecule has 0 spiro atoms. The molecule has 9 nitrogen and oxygen atoms in total. The van der Waals surface area contributed by atoms with Gasteiger partial charge in [0.15, 0.2) is 0 Å². The average Bonchev–Trinajstić information content (AvgIpc) is 3.49. The molecule has 228 valence electrons. The predicted molar refractivity (Wildman–Crippen MR) is 174 cm³/mol. The van der Waals surface area contributed by atoms with Crippen molar-refractivity contribution < 1.29 is 4.74 Å². The number of hydrazine groups is 2. The number of anilines is 2. The molecule has 0 radical (unpaired) electrons. The Labute approximate surface area is 260 Å². The Morgan fingerprint density at radius 3 is 2.51 bits per heavy atom. The van der Waals surface area contributed by atoms with E-state index >= 15 is 0 Å². The van der Waals surface area contributed by atoms with Crippen LogP contribution >= 0.6 is 11.6 Å². The van der Waals surface area contributed by atoms with Crippen LogP contribution in [-0.2, 0) is 4.74 Å². The smallest absolute Gasteiger partial charge is 0.103 e. The molecule has 1 aromatic heterocycles. The number of hydrogen-bond donors (Lipinski definition) is 4. The molecule has 4 N–H and O–H groups in total. The van der Waals surface area contributed by atoms with Gasteiger partial charge in [-0.05, 0) is 65.2 Å². The summed E-state index contributed by atoms with van der Waals surface area (Å²) in [5.74, 6) is 0. The second-order valence-electron chi connectivity index (χ2n) is 12.9. The van der Waals surface area contributed by atoms with Crippen molar-refractivity contribution in [2.24, 2.45) is 0 Å². The standard InChI is InChI=1S/C33H43ClN8O/c1-32(2,3)41-14-12-25(13-15-41)42-20-28(39-40-42)30(22-10-8-7-9-11-22)38-24-16-26-29(37-21-33(4,5)43-6)23(18-35)19-36-31(26)27(34)17-24/h7-11,16-17,19-20,25,30,38-40H,12-15,21H2,1-6H3,(H,36,37)/t30-/m0/s1. The Morgan fingerprint density at radius 1 is 1.14 bits per heavy atom. The maximum atomic E-state index is 9.89. The van der Waals surface area contributed by atoms with E-state index in [2.05, 4.69) is 81.7 Å². The molecule has 2 aromatic carbocycles. The Morgan fingerprint density at radius 2 is 1.86 bits per heavy atom. The second kappa shape index (κ2) is 12.6. The number of fused-ring (bicyclic) bond motifs is 1. The number of aromatic nitrogens is 1. The molecule has 43 heavy (non-hydrogen) atoms. The number of nitriles is 1. The average molecular weight is 603 g/mol. The van der Waals surface area contributed by atoms with Gasteiger partial charge in [0.2, 0.25) is 0 Å².